The second kappa shape index (κ2) is 5.48. The molecular formula is C14H22N2O. The van der Waals surface area contributed by atoms with Gasteiger partial charge in [0.2, 0.25) is 0 Å². The van der Waals surface area contributed by atoms with Crippen LogP contribution in [0.3, 0.4) is 0 Å². The van der Waals surface area contributed by atoms with E-state index in [0.717, 1.165) is 23.9 Å². The molecule has 0 amide bonds. The number of hydrogen-bond acceptors (Lipinski definition) is 2. The average molecular weight is 234 g/mol. The number of aromatic nitrogens is 2. The highest BCUT2D eigenvalue weighted by molar-refractivity contribution is 5.07. The summed E-state index contributed by atoms with van der Waals surface area (Å²) in [5.74, 6) is 2.20. The summed E-state index contributed by atoms with van der Waals surface area (Å²) in [6.45, 7) is 4.30. The zero-order chi connectivity index (χ0) is 12.3. The van der Waals surface area contributed by atoms with Crippen molar-refractivity contribution in [3.05, 3.63) is 27.9 Å². The first-order chi connectivity index (χ1) is 8.22. The van der Waals surface area contributed by atoms with Gasteiger partial charge in [0.25, 0.3) is 5.56 Å². The summed E-state index contributed by atoms with van der Waals surface area (Å²) in [6, 6.07) is 1.61. The quantitative estimate of drug-likeness (QED) is 0.873. The van der Waals surface area contributed by atoms with Gasteiger partial charge in [-0.1, -0.05) is 33.1 Å². The zero-order valence-corrected chi connectivity index (χ0v) is 10.8. The summed E-state index contributed by atoms with van der Waals surface area (Å²) < 4.78 is 0. The van der Waals surface area contributed by atoms with E-state index in [0.29, 0.717) is 5.92 Å². The van der Waals surface area contributed by atoms with E-state index in [1.54, 1.807) is 6.07 Å². The number of nitrogens with zero attached hydrogens (tertiary/aromatic N) is 1. The van der Waals surface area contributed by atoms with Crippen LogP contribution in [0.4, 0.5) is 0 Å². The molecule has 2 rings (SSSR count). The molecule has 1 saturated carbocycles. The Morgan fingerprint density at radius 2 is 2.24 bits per heavy atom. The Bertz CT molecular complexity index is 424. The average Bonchev–Trinajstić information content (AvgIpc) is 2.38. The van der Waals surface area contributed by atoms with Crippen molar-refractivity contribution in [2.24, 2.45) is 5.92 Å². The normalized spacial score (nSPS) is 24.8. The van der Waals surface area contributed by atoms with Crippen LogP contribution >= 0.6 is 0 Å². The topological polar surface area (TPSA) is 45.8 Å². The Morgan fingerprint density at radius 1 is 1.41 bits per heavy atom. The number of rotatable bonds is 3. The Kier molecular flexibility index (Phi) is 3.97. The molecule has 94 valence electrons. The largest absolute Gasteiger partial charge is 0.310 e. The minimum atomic E-state index is 0.00507. The van der Waals surface area contributed by atoms with Crippen LogP contribution in [0.5, 0.6) is 0 Å². The molecule has 2 atom stereocenters. The lowest BCUT2D eigenvalue weighted by Crippen LogP contribution is -2.20. The van der Waals surface area contributed by atoms with Gasteiger partial charge in [0, 0.05) is 17.7 Å². The van der Waals surface area contributed by atoms with Crippen LogP contribution in [0.25, 0.3) is 0 Å². The fourth-order valence-electron chi connectivity index (χ4n) is 2.81. The number of H-pyrrole nitrogens is 1. The standard InChI is InChI=1S/C14H22N2O/c1-3-10-6-5-7-11(8-10)14-15-12(4-2)9-13(17)16-14/h9-11H,3-8H2,1-2H3,(H,15,16,17). The van der Waals surface area contributed by atoms with E-state index in [4.69, 9.17) is 0 Å². The molecule has 3 heteroatoms. The second-order valence-electron chi connectivity index (χ2n) is 5.11. The molecule has 1 aromatic heterocycles. The van der Waals surface area contributed by atoms with Crippen molar-refractivity contribution in [2.45, 2.75) is 58.3 Å². The summed E-state index contributed by atoms with van der Waals surface area (Å²) in [5, 5.41) is 0. The molecule has 0 spiro atoms. The van der Waals surface area contributed by atoms with Crippen LogP contribution in [0.15, 0.2) is 10.9 Å². The number of aryl methyl sites for hydroxylation is 1. The minimum Gasteiger partial charge on any atom is -0.310 e. The van der Waals surface area contributed by atoms with Crippen molar-refractivity contribution in [3.63, 3.8) is 0 Å². The second-order valence-corrected chi connectivity index (χ2v) is 5.11. The van der Waals surface area contributed by atoms with Crippen molar-refractivity contribution in [2.75, 3.05) is 0 Å². The molecule has 1 aliphatic rings. The van der Waals surface area contributed by atoms with Gasteiger partial charge in [-0.15, -0.1) is 0 Å². The van der Waals surface area contributed by atoms with E-state index >= 15 is 0 Å². The van der Waals surface area contributed by atoms with Crippen LogP contribution < -0.4 is 5.56 Å². The van der Waals surface area contributed by atoms with Crippen molar-refractivity contribution < 1.29 is 0 Å². The Hall–Kier alpha value is -1.12. The Morgan fingerprint density at radius 3 is 2.94 bits per heavy atom. The fourth-order valence-corrected chi connectivity index (χ4v) is 2.81. The lowest BCUT2D eigenvalue weighted by molar-refractivity contribution is 0.306. The Labute approximate surface area is 103 Å². The maximum Gasteiger partial charge on any atom is 0.251 e. The van der Waals surface area contributed by atoms with Crippen LogP contribution in [0.2, 0.25) is 0 Å². The maximum absolute atomic E-state index is 11.6. The molecule has 17 heavy (non-hydrogen) atoms. The lowest BCUT2D eigenvalue weighted by Gasteiger charge is -2.27. The summed E-state index contributed by atoms with van der Waals surface area (Å²) >= 11 is 0. The molecule has 0 bridgehead atoms. The van der Waals surface area contributed by atoms with Crippen molar-refractivity contribution >= 4 is 0 Å². The highest BCUT2D eigenvalue weighted by Gasteiger charge is 2.23. The summed E-state index contributed by atoms with van der Waals surface area (Å²) in [5.41, 5.74) is 0.924. The van der Waals surface area contributed by atoms with Crippen molar-refractivity contribution in [1.29, 1.82) is 0 Å². The number of aromatic amines is 1. The molecule has 2 unspecified atom stereocenters. The smallest absolute Gasteiger partial charge is 0.251 e. The van der Waals surface area contributed by atoms with E-state index in [9.17, 15) is 4.79 Å². The molecule has 0 saturated heterocycles. The van der Waals surface area contributed by atoms with Gasteiger partial charge < -0.3 is 4.98 Å². The molecule has 1 aromatic rings. The molecule has 1 heterocycles. The highest BCUT2D eigenvalue weighted by Crippen LogP contribution is 2.35. The van der Waals surface area contributed by atoms with Gasteiger partial charge in [0.1, 0.15) is 5.82 Å². The van der Waals surface area contributed by atoms with E-state index in [1.165, 1.54) is 32.1 Å². The van der Waals surface area contributed by atoms with Crippen LogP contribution in [0.1, 0.15) is 63.4 Å². The van der Waals surface area contributed by atoms with Gasteiger partial charge >= 0.3 is 0 Å². The first-order valence-corrected chi connectivity index (χ1v) is 6.83. The predicted molar refractivity (Wildman–Crippen MR) is 69.2 cm³/mol. The summed E-state index contributed by atoms with van der Waals surface area (Å²) in [7, 11) is 0. The van der Waals surface area contributed by atoms with Gasteiger partial charge in [-0.25, -0.2) is 4.98 Å². The monoisotopic (exact) mass is 234 g/mol. The van der Waals surface area contributed by atoms with Gasteiger partial charge in [0.05, 0.1) is 0 Å². The molecule has 3 nitrogen and oxygen atoms in total. The van der Waals surface area contributed by atoms with E-state index in [-0.39, 0.29) is 5.56 Å². The van der Waals surface area contributed by atoms with Gasteiger partial charge in [-0.05, 0) is 25.2 Å². The SMILES string of the molecule is CCc1cc(=O)[nH]c(C2CCCC(CC)C2)n1. The van der Waals surface area contributed by atoms with Crippen LogP contribution in [0, 0.1) is 5.92 Å². The van der Waals surface area contributed by atoms with Gasteiger partial charge in [0.15, 0.2) is 0 Å². The van der Waals surface area contributed by atoms with Crippen molar-refractivity contribution in [3.8, 4) is 0 Å². The highest BCUT2D eigenvalue weighted by atomic mass is 16.1. The predicted octanol–water partition coefficient (Wildman–Crippen LogP) is 3.02. The lowest BCUT2D eigenvalue weighted by atomic mass is 9.80. The van der Waals surface area contributed by atoms with Crippen LogP contribution in [-0.4, -0.2) is 9.97 Å². The first-order valence-electron chi connectivity index (χ1n) is 6.83. The molecule has 0 aromatic carbocycles. The minimum absolute atomic E-state index is 0.00507. The first kappa shape index (κ1) is 12.3. The Balaban J connectivity index is 2.21. The summed E-state index contributed by atoms with van der Waals surface area (Å²) in [4.78, 5) is 19.1. The molecule has 1 N–H and O–H groups in total. The van der Waals surface area contributed by atoms with Gasteiger partial charge in [-0.3, -0.25) is 4.79 Å². The molecule has 0 radical (unpaired) electrons. The van der Waals surface area contributed by atoms with E-state index in [1.807, 2.05) is 6.92 Å². The number of hydrogen-bond donors (Lipinski definition) is 1. The van der Waals surface area contributed by atoms with E-state index < -0.39 is 0 Å². The molecule has 0 aliphatic heterocycles. The molecule has 1 fully saturated rings. The fraction of sp³-hybridized carbons (Fsp3) is 0.714. The number of nitrogens with one attached hydrogen (secondary N) is 1. The summed E-state index contributed by atoms with van der Waals surface area (Å²) in [6.07, 6.45) is 7.04. The molecular weight excluding hydrogens is 212 g/mol. The van der Waals surface area contributed by atoms with Gasteiger partial charge in [-0.2, -0.15) is 0 Å². The third-order valence-electron chi connectivity index (χ3n) is 3.92. The van der Waals surface area contributed by atoms with Crippen molar-refractivity contribution in [1.82, 2.24) is 9.97 Å². The van der Waals surface area contributed by atoms with E-state index in [2.05, 4.69) is 16.9 Å². The zero-order valence-electron chi connectivity index (χ0n) is 10.8. The molecule has 1 aliphatic carbocycles. The third-order valence-corrected chi connectivity index (χ3v) is 3.92. The van der Waals surface area contributed by atoms with Crippen LogP contribution in [-0.2, 0) is 6.42 Å². The third kappa shape index (κ3) is 2.96. The maximum atomic E-state index is 11.6.